The van der Waals surface area contributed by atoms with Gasteiger partial charge in [-0.15, -0.1) is 0 Å². The Morgan fingerprint density at radius 3 is 0.737 bits per heavy atom. The van der Waals surface area contributed by atoms with Crippen LogP contribution in [0.4, 0.5) is 0 Å². The molecule has 10 N–H and O–H groups in total. The molecule has 20 heteroatoms. The van der Waals surface area contributed by atoms with E-state index in [1.807, 2.05) is 19.2 Å². The van der Waals surface area contributed by atoms with Gasteiger partial charge in [0.1, 0.15) is 92.3 Å². The van der Waals surface area contributed by atoms with Crippen molar-refractivity contribution in [1.82, 2.24) is 26.6 Å². The minimum atomic E-state index is -3.21. The van der Waals surface area contributed by atoms with Gasteiger partial charge in [0, 0.05) is 132 Å². The molecule has 20 nitrogen and oxygen atoms in total. The molecule has 0 aliphatic heterocycles. The Morgan fingerprint density at radius 2 is 0.526 bits per heavy atom. The van der Waals surface area contributed by atoms with Crippen LogP contribution in [-0.4, -0.2) is 220 Å². The molecule has 0 saturated heterocycles. The van der Waals surface area contributed by atoms with Crippen molar-refractivity contribution in [3.8, 4) is 28.7 Å². The molecule has 0 radical (unpaired) electrons. The summed E-state index contributed by atoms with van der Waals surface area (Å²) >= 11 is 0. The third-order valence-electron chi connectivity index (χ3n) is 10.9. The van der Waals surface area contributed by atoms with Gasteiger partial charge in [-0.05, 0) is 120 Å². The Kier molecular flexibility index (Phi) is 21.4. The lowest BCUT2D eigenvalue weighted by atomic mass is 10.1. The summed E-state index contributed by atoms with van der Waals surface area (Å²) in [5, 5.41) is 62.4. The average molecular weight is 1390 g/mol. The number of benzene rings is 5. The zero-order valence-electron chi connectivity index (χ0n) is 103. The van der Waals surface area contributed by atoms with Crippen molar-refractivity contribution in [1.29, 1.82) is 0 Å². The quantitative estimate of drug-likeness (QED) is 0.0177. The fraction of sp³-hybridized carbons (Fsp3) is 0.600. The summed E-state index contributed by atoms with van der Waals surface area (Å²) < 4.78 is 419. The van der Waals surface area contributed by atoms with Crippen LogP contribution >= 0.6 is 0 Å². The zero-order valence-corrected chi connectivity index (χ0v) is 53.5. The first-order valence-corrected chi connectivity index (χ1v) is 28.9. The minimum Gasteiger partial charge on any atom is -0.491 e. The molecule has 0 aliphatic rings. The Hall–Kier alpha value is -5.50. The molecule has 5 rings (SSSR count). The van der Waals surface area contributed by atoms with E-state index in [1.54, 1.807) is 13.8 Å². The summed E-state index contributed by atoms with van der Waals surface area (Å²) in [7, 11) is -15.6. The van der Waals surface area contributed by atoms with Crippen molar-refractivity contribution < 1.29 is 141 Å². The van der Waals surface area contributed by atoms with E-state index < -0.39 is 195 Å². The topological polar surface area (TPSA) is 254 Å². The molecule has 0 bridgehead atoms. The molecule has 7 unspecified atom stereocenters. The van der Waals surface area contributed by atoms with Crippen LogP contribution in [0.3, 0.4) is 0 Å². The van der Waals surface area contributed by atoms with Crippen LogP contribution in [-0.2, 0) is 55.5 Å². The third kappa shape index (κ3) is 50.5. The van der Waals surface area contributed by atoms with Gasteiger partial charge in [0.05, 0.1) is 67.1 Å². The van der Waals surface area contributed by atoms with E-state index in [4.69, 9.17) is 92.2 Å². The van der Waals surface area contributed by atoms with E-state index in [1.165, 1.54) is 116 Å². The molecule has 5 aromatic rings. The summed E-state index contributed by atoms with van der Waals surface area (Å²) in [5.74, 6) is 1.23. The van der Waals surface area contributed by atoms with Crippen molar-refractivity contribution in [2.24, 2.45) is 0 Å². The van der Waals surface area contributed by atoms with Crippen molar-refractivity contribution in [3.63, 3.8) is 0 Å². The monoisotopic (exact) mass is 1390 g/mol. The van der Waals surface area contributed by atoms with Crippen molar-refractivity contribution in [2.45, 2.75) is 161 Å². The first kappa shape index (κ1) is 36.0. The molecular weight excluding hydrogens is 1210 g/mol. The van der Waals surface area contributed by atoms with Crippen molar-refractivity contribution >= 4 is 0 Å². The van der Waals surface area contributed by atoms with E-state index in [9.17, 15) is 25.5 Å². The van der Waals surface area contributed by atoms with Crippen LogP contribution in [0.15, 0.2) is 121 Å². The molecule has 95 heavy (non-hydrogen) atoms. The van der Waals surface area contributed by atoms with Crippen LogP contribution in [0.25, 0.3) is 0 Å². The van der Waals surface area contributed by atoms with Gasteiger partial charge >= 0.3 is 0 Å². The number of methoxy groups -OCH3 is 5. The van der Waals surface area contributed by atoms with E-state index in [0.29, 0.717) is 18.0 Å². The van der Waals surface area contributed by atoms with E-state index >= 15 is 0 Å². The van der Waals surface area contributed by atoms with Gasteiger partial charge in [0.25, 0.3) is 0 Å². The number of aliphatic hydroxyl groups is 5. The predicted octanol–water partition coefficient (Wildman–Crippen LogP) is 8.07. The normalized spacial score (nSPS) is 24.3. The highest BCUT2D eigenvalue weighted by Crippen LogP contribution is 2.17. The van der Waals surface area contributed by atoms with Crippen LogP contribution in [0.1, 0.15) is 165 Å². The number of aryl methyl sites for hydroxylation is 5. The molecule has 7 atom stereocenters. The molecule has 0 aromatic heterocycles. The second-order valence-corrected chi connectivity index (χ2v) is 19.9. The predicted molar refractivity (Wildman–Crippen MR) is 383 cm³/mol. The molecule has 0 spiro atoms. The smallest absolute Gasteiger partial charge is 0.119 e. The molecule has 0 heterocycles. The second-order valence-electron chi connectivity index (χ2n) is 19.9. The van der Waals surface area contributed by atoms with E-state index in [2.05, 4.69) is 45.0 Å². The van der Waals surface area contributed by atoms with Crippen LogP contribution in [0.2, 0.25) is 0 Å². The first-order valence-electron chi connectivity index (χ1n) is 53.9. The maximum atomic E-state index is 9.99. The minimum absolute atomic E-state index is 0.00708. The summed E-state index contributed by atoms with van der Waals surface area (Å²) in [6, 6.07) is 19.1. The Labute approximate surface area is 641 Å². The highest BCUT2D eigenvalue weighted by atomic mass is 16.5. The Balaban J connectivity index is 0.000000908. The second kappa shape index (κ2) is 56.5. The van der Waals surface area contributed by atoms with E-state index in [-0.39, 0.29) is 97.2 Å². The molecular formula is C75H125N5O15. The third-order valence-corrected chi connectivity index (χ3v) is 10.9. The van der Waals surface area contributed by atoms with Gasteiger partial charge in [-0.25, -0.2) is 0 Å². The summed E-state index contributed by atoms with van der Waals surface area (Å²) in [6.45, 7) is -18.1. The Bertz CT molecular complexity index is 4580. The molecule has 0 amide bonds. The molecule has 5 aromatic carbocycles. The van der Waals surface area contributed by atoms with Gasteiger partial charge in [-0.2, -0.15) is 0 Å². The lowest BCUT2D eigenvalue weighted by Gasteiger charge is -2.15. The number of aliphatic hydroxyl groups excluding tert-OH is 5. The lowest BCUT2D eigenvalue weighted by molar-refractivity contribution is 0.104. The standard InChI is InChI=1S/5C15H25NO3/c5*1-12(2)16-10-14(17)11-19-15-6-4-13(5-7-15)8-9-18-3/h5*4-7,12,14,16-17H,8-11H2,1-3H3/i1D3,2D3,3D3,8D2,9D2,12D;1D3,3D3,8D2,9D2,12D;3D3,8D2,9D2,12D;1D3,3D3,8D2,9D2;3D3,8D2,9D2. The highest BCUT2D eigenvalue weighted by molar-refractivity contribution is 5.31. The SMILES string of the molecule is [2H]C(C)(C)NCC(O)COc1ccc(C([2H])([2H])C([2H])([2H])OC([2H])([2H])[2H])cc1.[2H]C([2H])([2H])OC([2H])([2H])C([2H])([2H])c1ccc(OCC(O)CNC(C)C([2H])([2H])[2H])cc1.[2H]C([2H])([2H])OC([2H])([2H])C([2H])([2H])c1ccc(OCC(O)CNC(C)C)cc1.[2H]C([2H])([2H])OC([2H])([2H])C([2H])([2H])c1ccc(OCC(O)CNC([2H])(C([2H])([2H])[2H])C([2H])([2H])[2H])cc1.[2H]C([2H])([2H])OC([2H])([2H])C([2H])([2H])c1ccc(OCC(O)CNC([2H])(C)C([2H])([2H])[2H])cc1. The maximum absolute atomic E-state index is 9.99. The van der Waals surface area contributed by atoms with Crippen molar-refractivity contribution in [3.05, 3.63) is 149 Å². The van der Waals surface area contributed by atoms with Gasteiger partial charge in [0.15, 0.2) is 0 Å². The first-order chi connectivity index (χ1) is 64.6. The van der Waals surface area contributed by atoms with Crippen LogP contribution in [0.5, 0.6) is 28.7 Å². The number of ether oxygens (including phenoxy) is 10. The Morgan fingerprint density at radius 1 is 0.305 bits per heavy atom. The highest BCUT2D eigenvalue weighted by Gasteiger charge is 2.11. The lowest BCUT2D eigenvalue weighted by Crippen LogP contribution is -2.35. The van der Waals surface area contributed by atoms with Gasteiger partial charge in [0.2, 0.25) is 0 Å². The van der Waals surface area contributed by atoms with E-state index in [0.717, 1.165) is 19.1 Å². The number of nitrogens with one attached hydrogen (secondary N) is 5. The van der Waals surface area contributed by atoms with Crippen LogP contribution < -0.4 is 50.3 Å². The maximum Gasteiger partial charge on any atom is 0.119 e. The van der Waals surface area contributed by atoms with Crippen molar-refractivity contribution in [2.75, 3.05) is 134 Å². The number of hydrogen-bond acceptors (Lipinski definition) is 20. The van der Waals surface area contributed by atoms with Crippen LogP contribution in [0, 0.1) is 0 Å². The molecule has 0 saturated carbocycles. The largest absolute Gasteiger partial charge is 0.491 e. The number of rotatable bonds is 45. The fourth-order valence-corrected chi connectivity index (χ4v) is 6.35. The zero-order chi connectivity index (χ0) is 114. The molecule has 0 fully saturated rings. The number of hydrogen-bond donors (Lipinski definition) is 10. The van der Waals surface area contributed by atoms with Gasteiger partial charge in [-0.1, -0.05) is 130 Å². The molecule has 0 aliphatic carbocycles. The average Bonchev–Trinajstić information content (AvgIpc) is 0.778. The van der Waals surface area contributed by atoms with Gasteiger partial charge in [-0.3, -0.25) is 0 Å². The summed E-state index contributed by atoms with van der Waals surface area (Å²) in [5.41, 5.74) is -0.814. The van der Waals surface area contributed by atoms with Gasteiger partial charge < -0.3 is 99.5 Å². The summed E-state index contributed by atoms with van der Waals surface area (Å²) in [4.78, 5) is 0. The summed E-state index contributed by atoms with van der Waals surface area (Å²) in [6.07, 6.45) is -18.9. The fourth-order valence-electron chi connectivity index (χ4n) is 6.35. The molecule has 540 valence electrons.